The predicted molar refractivity (Wildman–Crippen MR) is 196 cm³/mol. The number of carbonyl (C=O) groups is 5. The lowest BCUT2D eigenvalue weighted by Gasteiger charge is -2.30. The molecule has 5 rings (SSSR count). The third-order valence-electron chi connectivity index (χ3n) is 10.1. The van der Waals surface area contributed by atoms with Crippen LogP contribution in [0.4, 0.5) is 4.79 Å². The van der Waals surface area contributed by atoms with Crippen LogP contribution in [0.25, 0.3) is 10.8 Å². The van der Waals surface area contributed by atoms with E-state index in [0.717, 1.165) is 23.6 Å². The molecule has 0 aromatic heterocycles. The maximum Gasteiger partial charge on any atom is 0.408 e. The van der Waals surface area contributed by atoms with Gasteiger partial charge in [-0.1, -0.05) is 62.2 Å². The van der Waals surface area contributed by atoms with E-state index in [-0.39, 0.29) is 31.7 Å². The van der Waals surface area contributed by atoms with Crippen LogP contribution in [-0.4, -0.2) is 84.1 Å². The summed E-state index contributed by atoms with van der Waals surface area (Å²) >= 11 is 0. The number of carbonyl (C=O) groups excluding carboxylic acids is 5. The Labute approximate surface area is 305 Å². The van der Waals surface area contributed by atoms with Crippen molar-refractivity contribution in [3.05, 3.63) is 60.2 Å². The summed E-state index contributed by atoms with van der Waals surface area (Å²) in [5.74, 6) is -2.85. The number of hydrogen-bond acceptors (Lipinski definition) is 8. The highest BCUT2D eigenvalue weighted by molar-refractivity contribution is 7.90. The van der Waals surface area contributed by atoms with Gasteiger partial charge in [0, 0.05) is 24.1 Å². The van der Waals surface area contributed by atoms with Crippen molar-refractivity contribution in [1.82, 2.24) is 25.6 Å². The van der Waals surface area contributed by atoms with Gasteiger partial charge in [-0.15, -0.1) is 0 Å². The highest BCUT2D eigenvalue weighted by atomic mass is 32.2. The van der Waals surface area contributed by atoms with Gasteiger partial charge >= 0.3 is 6.09 Å². The summed E-state index contributed by atoms with van der Waals surface area (Å²) in [6.45, 7) is 8.32. The van der Waals surface area contributed by atoms with Crippen LogP contribution in [0.15, 0.2) is 54.6 Å². The molecule has 0 spiro atoms. The molecule has 1 aliphatic carbocycles. The first-order valence-corrected chi connectivity index (χ1v) is 19.7. The molecule has 5 amide bonds. The Morgan fingerprint density at radius 3 is 2.48 bits per heavy atom. The smallest absolute Gasteiger partial charge is 0.408 e. The van der Waals surface area contributed by atoms with E-state index in [1.54, 1.807) is 39.8 Å². The largest absolute Gasteiger partial charge is 0.444 e. The van der Waals surface area contributed by atoms with E-state index in [2.05, 4.69) is 20.7 Å². The number of allylic oxidation sites excluding steroid dienone is 1. The van der Waals surface area contributed by atoms with Gasteiger partial charge in [-0.25, -0.2) is 13.2 Å². The minimum atomic E-state index is -4.01. The Kier molecular flexibility index (Phi) is 11.7. The summed E-state index contributed by atoms with van der Waals surface area (Å²) in [7, 11) is -4.01. The average molecular weight is 738 g/mol. The van der Waals surface area contributed by atoms with E-state index in [0.29, 0.717) is 24.8 Å². The van der Waals surface area contributed by atoms with Crippen LogP contribution in [0.5, 0.6) is 0 Å². The molecule has 6 atom stereocenters. The van der Waals surface area contributed by atoms with E-state index in [9.17, 15) is 32.4 Å². The number of sulfonamides is 1. The summed E-state index contributed by atoms with van der Waals surface area (Å²) in [5.41, 5.74) is -1.94. The van der Waals surface area contributed by atoms with E-state index < -0.39 is 74.3 Å². The van der Waals surface area contributed by atoms with Crippen molar-refractivity contribution < 1.29 is 37.1 Å². The molecule has 282 valence electrons. The number of amides is 5. The molecular weight excluding hydrogens is 687 g/mol. The van der Waals surface area contributed by atoms with E-state index in [1.165, 1.54) is 11.8 Å². The Bertz CT molecular complexity index is 1840. The van der Waals surface area contributed by atoms with Crippen LogP contribution in [0, 0.1) is 5.92 Å². The molecule has 2 aliphatic heterocycles. The zero-order chi connectivity index (χ0) is 37.8. The number of fused-ring (bicyclic) bond motifs is 3. The van der Waals surface area contributed by atoms with Crippen molar-refractivity contribution in [3.8, 4) is 0 Å². The number of alkyl carbamates (subject to hydrolysis) is 1. The highest BCUT2D eigenvalue weighted by Gasteiger charge is 2.61. The number of nitrogens with one attached hydrogen (secondary N) is 4. The fraction of sp³-hybridized carbons (Fsp3) is 0.553. The van der Waals surface area contributed by atoms with Crippen LogP contribution in [0.2, 0.25) is 0 Å². The van der Waals surface area contributed by atoms with Gasteiger partial charge in [-0.05, 0) is 89.1 Å². The number of ether oxygens (including phenoxy) is 1. The molecule has 3 aliphatic rings. The van der Waals surface area contributed by atoms with Gasteiger partial charge in [0.2, 0.25) is 21.8 Å². The van der Waals surface area contributed by atoms with Crippen molar-refractivity contribution in [2.24, 2.45) is 5.92 Å². The lowest BCUT2D eigenvalue weighted by atomic mass is 10.0. The first-order valence-electron chi connectivity index (χ1n) is 18.2. The maximum atomic E-state index is 14.4. The van der Waals surface area contributed by atoms with E-state index in [4.69, 9.17) is 4.74 Å². The topological polar surface area (TPSA) is 180 Å². The van der Waals surface area contributed by atoms with Gasteiger partial charge in [0.15, 0.2) is 0 Å². The fourth-order valence-corrected chi connectivity index (χ4v) is 7.89. The molecule has 4 N–H and O–H groups in total. The summed E-state index contributed by atoms with van der Waals surface area (Å²) in [6.07, 6.45) is 6.60. The minimum absolute atomic E-state index is 0.0272. The Morgan fingerprint density at radius 1 is 1.04 bits per heavy atom. The second-order valence-corrected chi connectivity index (χ2v) is 17.3. The summed E-state index contributed by atoms with van der Waals surface area (Å²) in [5, 5.41) is 9.55. The van der Waals surface area contributed by atoms with Crippen LogP contribution >= 0.6 is 0 Å². The lowest BCUT2D eigenvalue weighted by Crippen LogP contribution is -2.58. The second-order valence-electron chi connectivity index (χ2n) is 15.2. The molecule has 13 nitrogen and oxygen atoms in total. The monoisotopic (exact) mass is 737 g/mol. The molecule has 0 radical (unpaired) electrons. The highest BCUT2D eigenvalue weighted by Crippen LogP contribution is 2.45. The zero-order valence-electron chi connectivity index (χ0n) is 30.6. The van der Waals surface area contributed by atoms with Gasteiger partial charge in [0.05, 0.1) is 5.25 Å². The molecule has 2 heterocycles. The normalized spacial score (nSPS) is 26.8. The molecule has 1 unspecified atom stereocenters. The van der Waals surface area contributed by atoms with Crippen LogP contribution < -0.4 is 20.7 Å². The Hall–Kier alpha value is -4.46. The lowest BCUT2D eigenvalue weighted by molar-refractivity contribution is -0.141. The fourth-order valence-electron chi connectivity index (χ4n) is 6.81. The van der Waals surface area contributed by atoms with Crippen molar-refractivity contribution in [1.29, 1.82) is 0 Å². The van der Waals surface area contributed by atoms with Gasteiger partial charge in [-0.2, -0.15) is 0 Å². The van der Waals surface area contributed by atoms with Crippen molar-refractivity contribution >= 4 is 50.5 Å². The molecule has 14 heteroatoms. The van der Waals surface area contributed by atoms with Gasteiger partial charge in [0.25, 0.3) is 11.8 Å². The van der Waals surface area contributed by atoms with Crippen molar-refractivity contribution in [2.75, 3.05) is 6.54 Å². The van der Waals surface area contributed by atoms with Crippen LogP contribution in [-0.2, 0) is 29.1 Å². The SMILES string of the molecule is CCC(C)S(=O)(=O)NC(=O)[C@@]12C[C@H]1/C=C\CCCCC[C@H](NC(=O)OC(C)(C)C)C(=O)N1C[C@H](NC(=O)c3ccc4ccccc4c3)C[C@H]1C(=O)N2. The number of nitrogens with zero attached hydrogens (tertiary/aromatic N) is 1. The number of hydrogen-bond donors (Lipinski definition) is 4. The summed E-state index contributed by atoms with van der Waals surface area (Å²) < 4.78 is 33.5. The number of rotatable bonds is 7. The van der Waals surface area contributed by atoms with Gasteiger partial charge in [-0.3, -0.25) is 23.9 Å². The molecular formula is C38H51N5O8S. The van der Waals surface area contributed by atoms with Crippen molar-refractivity contribution in [3.63, 3.8) is 0 Å². The molecule has 1 saturated carbocycles. The molecule has 2 fully saturated rings. The summed E-state index contributed by atoms with van der Waals surface area (Å²) in [4.78, 5) is 70.1. The van der Waals surface area contributed by atoms with Crippen molar-refractivity contribution in [2.45, 2.75) is 121 Å². The number of benzene rings is 2. The Morgan fingerprint density at radius 2 is 1.77 bits per heavy atom. The van der Waals surface area contributed by atoms with Crippen LogP contribution in [0.3, 0.4) is 0 Å². The maximum absolute atomic E-state index is 14.4. The molecule has 2 aromatic carbocycles. The van der Waals surface area contributed by atoms with E-state index >= 15 is 0 Å². The minimum Gasteiger partial charge on any atom is -0.444 e. The van der Waals surface area contributed by atoms with E-state index in [1.807, 2.05) is 42.5 Å². The first-order chi connectivity index (χ1) is 24.5. The quantitative estimate of drug-likeness (QED) is 0.307. The van der Waals surface area contributed by atoms with Gasteiger partial charge in [0.1, 0.15) is 23.2 Å². The average Bonchev–Trinajstić information content (AvgIpc) is 3.62. The summed E-state index contributed by atoms with van der Waals surface area (Å²) in [6, 6.07) is 10.2. The Balaban J connectivity index is 1.44. The molecule has 0 bridgehead atoms. The standard InChI is InChI=1S/C38H51N5O8S/c1-6-24(2)52(49,50)42-35(47)38-22-28(38)16-10-8-7-9-11-17-30(40-36(48)51-37(3,4)5)34(46)43-23-29(21-31(43)33(45)41-38)39-32(44)27-19-18-25-14-12-13-15-26(25)20-27/h10,12-16,18-20,24,28-31H,6-9,11,17,21-23H2,1-5H3,(H,39,44)(H,40,48)(H,41,45)(H,42,47)/b16-10-/t24?,28-,29-,30+,31+,38-/m1/s1. The van der Waals surface area contributed by atoms with Gasteiger partial charge < -0.3 is 25.6 Å². The molecule has 1 saturated heterocycles. The molecule has 52 heavy (non-hydrogen) atoms. The molecule has 2 aromatic rings. The first kappa shape index (κ1) is 38.8. The third kappa shape index (κ3) is 9.12. The predicted octanol–water partition coefficient (Wildman–Crippen LogP) is 4.07. The second kappa shape index (κ2) is 15.6. The van der Waals surface area contributed by atoms with Crippen LogP contribution in [0.1, 0.15) is 96.3 Å². The zero-order valence-corrected chi connectivity index (χ0v) is 31.4. The third-order valence-corrected chi connectivity index (χ3v) is 11.9.